The first-order chi connectivity index (χ1) is 6.25. The molecule has 1 N–H and O–H groups in total. The van der Waals surface area contributed by atoms with E-state index in [0.29, 0.717) is 6.04 Å². The first kappa shape index (κ1) is 8.61. The molecular weight excluding hydrogens is 158 g/mol. The number of para-hydroxylation sites is 1. The Balaban J connectivity index is 2.05. The van der Waals surface area contributed by atoms with Crippen LogP contribution in [0.25, 0.3) is 0 Å². The molecule has 1 nitrogen and oxygen atoms in total. The van der Waals surface area contributed by atoms with Gasteiger partial charge in [-0.05, 0) is 30.4 Å². The lowest BCUT2D eigenvalue weighted by Gasteiger charge is -2.12. The molecule has 1 aliphatic heterocycles. The van der Waals surface area contributed by atoms with Gasteiger partial charge in [-0.3, -0.25) is 0 Å². The van der Waals surface area contributed by atoms with Crippen LogP contribution in [0.5, 0.6) is 0 Å². The third-order valence-corrected chi connectivity index (χ3v) is 2.50. The van der Waals surface area contributed by atoms with Gasteiger partial charge in [-0.1, -0.05) is 32.0 Å². The quantitative estimate of drug-likeness (QED) is 0.726. The van der Waals surface area contributed by atoms with Gasteiger partial charge < -0.3 is 5.32 Å². The van der Waals surface area contributed by atoms with E-state index in [2.05, 4.69) is 43.4 Å². The monoisotopic (exact) mass is 174 g/mol. The van der Waals surface area contributed by atoms with Gasteiger partial charge >= 0.3 is 0 Å². The van der Waals surface area contributed by atoms with E-state index in [1.165, 1.54) is 30.0 Å². The molecule has 1 radical (unpaired) electrons. The van der Waals surface area contributed by atoms with E-state index in [9.17, 15) is 0 Å². The molecule has 1 aliphatic rings. The van der Waals surface area contributed by atoms with E-state index in [1.807, 2.05) is 0 Å². The Hall–Kier alpha value is -0.980. The molecule has 0 fully saturated rings. The lowest BCUT2D eigenvalue weighted by atomic mass is 10.0. The standard InChI is InChI=1S/C12H16N/c1-9(2)7-11-8-10-5-3-4-6-12(10)13-11/h3-6,11,13H,7-8H2,1-2H3. The van der Waals surface area contributed by atoms with Crippen molar-refractivity contribution >= 4 is 5.69 Å². The van der Waals surface area contributed by atoms with Crippen LogP contribution in [0.2, 0.25) is 0 Å². The molecule has 1 aromatic rings. The molecule has 0 aliphatic carbocycles. The minimum Gasteiger partial charge on any atom is -0.382 e. The number of rotatable bonds is 2. The summed E-state index contributed by atoms with van der Waals surface area (Å²) in [5.74, 6) is 1.50. The normalized spacial score (nSPS) is 20.1. The molecule has 0 bridgehead atoms. The summed E-state index contributed by atoms with van der Waals surface area (Å²) in [4.78, 5) is 0. The molecule has 1 unspecified atom stereocenters. The van der Waals surface area contributed by atoms with Crippen LogP contribution in [-0.4, -0.2) is 6.04 Å². The third-order valence-electron chi connectivity index (χ3n) is 2.50. The molecule has 13 heavy (non-hydrogen) atoms. The molecule has 0 saturated carbocycles. The van der Waals surface area contributed by atoms with Crippen LogP contribution in [0, 0.1) is 5.92 Å². The Kier molecular flexibility index (Phi) is 2.26. The van der Waals surface area contributed by atoms with Crippen LogP contribution in [0.15, 0.2) is 24.3 Å². The second-order valence-electron chi connectivity index (χ2n) is 4.11. The highest BCUT2D eigenvalue weighted by atomic mass is 14.9. The van der Waals surface area contributed by atoms with Gasteiger partial charge in [0.1, 0.15) is 0 Å². The zero-order valence-electron chi connectivity index (χ0n) is 8.30. The predicted molar refractivity (Wildman–Crippen MR) is 56.8 cm³/mol. The SMILES string of the molecule is C[C](C)CC1Cc2ccccc2N1. The fourth-order valence-corrected chi connectivity index (χ4v) is 1.99. The number of hydrogen-bond acceptors (Lipinski definition) is 1. The zero-order chi connectivity index (χ0) is 9.26. The lowest BCUT2D eigenvalue weighted by Crippen LogP contribution is -2.16. The van der Waals surface area contributed by atoms with Gasteiger partial charge in [-0.25, -0.2) is 0 Å². The van der Waals surface area contributed by atoms with Crippen molar-refractivity contribution in [1.82, 2.24) is 0 Å². The highest BCUT2D eigenvalue weighted by molar-refractivity contribution is 5.56. The Morgan fingerprint density at radius 1 is 1.38 bits per heavy atom. The van der Waals surface area contributed by atoms with Gasteiger partial charge in [-0.15, -0.1) is 0 Å². The first-order valence-corrected chi connectivity index (χ1v) is 4.89. The Bertz CT molecular complexity index is 266. The van der Waals surface area contributed by atoms with E-state index < -0.39 is 0 Å². The van der Waals surface area contributed by atoms with Crippen molar-refractivity contribution in [2.24, 2.45) is 0 Å². The Morgan fingerprint density at radius 3 is 2.85 bits per heavy atom. The summed E-state index contributed by atoms with van der Waals surface area (Å²) in [6.45, 7) is 4.40. The van der Waals surface area contributed by atoms with Crippen molar-refractivity contribution < 1.29 is 0 Å². The van der Waals surface area contributed by atoms with Crippen molar-refractivity contribution in [1.29, 1.82) is 0 Å². The summed E-state index contributed by atoms with van der Waals surface area (Å²) in [6.07, 6.45) is 2.37. The lowest BCUT2D eigenvalue weighted by molar-refractivity contribution is 0.688. The van der Waals surface area contributed by atoms with Crippen molar-refractivity contribution in [3.63, 3.8) is 0 Å². The Morgan fingerprint density at radius 2 is 2.15 bits per heavy atom. The number of benzene rings is 1. The van der Waals surface area contributed by atoms with Gasteiger partial charge in [0.25, 0.3) is 0 Å². The summed E-state index contributed by atoms with van der Waals surface area (Å²) >= 11 is 0. The average molecular weight is 174 g/mol. The summed E-state index contributed by atoms with van der Waals surface area (Å²) in [7, 11) is 0. The highest BCUT2D eigenvalue weighted by Gasteiger charge is 2.20. The van der Waals surface area contributed by atoms with Gasteiger partial charge in [0.2, 0.25) is 0 Å². The molecule has 69 valence electrons. The molecule has 1 aromatic carbocycles. The van der Waals surface area contributed by atoms with Gasteiger partial charge in [0.15, 0.2) is 0 Å². The maximum atomic E-state index is 3.54. The molecule has 0 aromatic heterocycles. The van der Waals surface area contributed by atoms with Crippen molar-refractivity contribution in [2.75, 3.05) is 5.32 Å². The van der Waals surface area contributed by atoms with E-state index in [-0.39, 0.29) is 0 Å². The van der Waals surface area contributed by atoms with Crippen molar-refractivity contribution in [2.45, 2.75) is 32.7 Å². The van der Waals surface area contributed by atoms with Crippen LogP contribution in [0.3, 0.4) is 0 Å². The first-order valence-electron chi connectivity index (χ1n) is 4.89. The summed E-state index contributed by atoms with van der Waals surface area (Å²) in [6, 6.07) is 9.22. The van der Waals surface area contributed by atoms with Crippen LogP contribution < -0.4 is 5.32 Å². The third kappa shape index (κ3) is 1.85. The zero-order valence-corrected chi connectivity index (χ0v) is 8.30. The molecule has 1 atom stereocenters. The van der Waals surface area contributed by atoms with Crippen LogP contribution in [0.4, 0.5) is 5.69 Å². The largest absolute Gasteiger partial charge is 0.382 e. The van der Waals surface area contributed by atoms with E-state index >= 15 is 0 Å². The van der Waals surface area contributed by atoms with Gasteiger partial charge in [0, 0.05) is 11.7 Å². The second kappa shape index (κ2) is 3.41. The molecule has 0 saturated heterocycles. The molecule has 1 heteroatoms. The number of hydrogen-bond donors (Lipinski definition) is 1. The molecule has 2 rings (SSSR count). The summed E-state index contributed by atoms with van der Waals surface area (Å²) in [5.41, 5.74) is 2.79. The number of fused-ring (bicyclic) bond motifs is 1. The molecule has 0 spiro atoms. The molecule has 1 heterocycles. The minimum atomic E-state index is 0.627. The second-order valence-corrected chi connectivity index (χ2v) is 4.11. The topological polar surface area (TPSA) is 12.0 Å². The smallest absolute Gasteiger partial charge is 0.0375 e. The molecular formula is C12H16N. The van der Waals surface area contributed by atoms with Gasteiger partial charge in [-0.2, -0.15) is 0 Å². The fourth-order valence-electron chi connectivity index (χ4n) is 1.99. The van der Waals surface area contributed by atoms with Gasteiger partial charge in [0.05, 0.1) is 0 Å². The maximum absolute atomic E-state index is 3.54. The fraction of sp³-hybridized carbons (Fsp3) is 0.417. The number of anilines is 1. The van der Waals surface area contributed by atoms with Crippen LogP contribution in [0.1, 0.15) is 25.8 Å². The highest BCUT2D eigenvalue weighted by Crippen LogP contribution is 2.28. The Labute approximate surface area is 80.2 Å². The maximum Gasteiger partial charge on any atom is 0.0375 e. The van der Waals surface area contributed by atoms with Crippen LogP contribution >= 0.6 is 0 Å². The predicted octanol–water partition coefficient (Wildman–Crippen LogP) is 3.03. The van der Waals surface area contributed by atoms with Crippen LogP contribution in [-0.2, 0) is 6.42 Å². The summed E-state index contributed by atoms with van der Waals surface area (Å²) < 4.78 is 0. The molecule has 0 amide bonds. The number of nitrogens with one attached hydrogen (secondary N) is 1. The van der Waals surface area contributed by atoms with Crippen molar-refractivity contribution in [3.8, 4) is 0 Å². The average Bonchev–Trinajstić information content (AvgIpc) is 2.44. The summed E-state index contributed by atoms with van der Waals surface area (Å²) in [5, 5.41) is 3.54. The van der Waals surface area contributed by atoms with Crippen molar-refractivity contribution in [3.05, 3.63) is 35.7 Å². The minimum absolute atomic E-state index is 0.627. The van der Waals surface area contributed by atoms with E-state index in [4.69, 9.17) is 0 Å². The van der Waals surface area contributed by atoms with E-state index in [0.717, 1.165) is 0 Å². The van der Waals surface area contributed by atoms with E-state index in [1.54, 1.807) is 0 Å².